The predicted octanol–water partition coefficient (Wildman–Crippen LogP) is -0.150. The Morgan fingerprint density at radius 1 is 1.12 bits per heavy atom. The molecule has 0 unspecified atom stereocenters. The first-order chi connectivity index (χ1) is 7.61. The normalized spacial score (nSPS) is 15.5. The maximum Gasteiger partial charge on any atom is 0.332 e. The maximum absolute atomic E-state index is 11.7. The molecule has 0 amide bonds. The Kier molecular flexibility index (Phi) is 2.68. The zero-order valence-corrected chi connectivity index (χ0v) is 9.51. The van der Waals surface area contributed by atoms with E-state index in [1.165, 1.54) is 17.7 Å². The molecule has 0 aromatic carbocycles. The van der Waals surface area contributed by atoms with E-state index in [9.17, 15) is 9.59 Å². The van der Waals surface area contributed by atoms with Crippen LogP contribution in [0.15, 0.2) is 27.8 Å². The molecule has 0 radical (unpaired) electrons. The van der Waals surface area contributed by atoms with Gasteiger partial charge in [0.05, 0.1) is 0 Å². The largest absolute Gasteiger partial charge is 0.354 e. The van der Waals surface area contributed by atoms with Crippen LogP contribution in [0.3, 0.4) is 0 Å². The Labute approximate surface area is 93.2 Å². The second kappa shape index (κ2) is 4.00. The summed E-state index contributed by atoms with van der Waals surface area (Å²) >= 11 is 0. The molecule has 0 bridgehead atoms. The Balaban J connectivity index is 2.53. The van der Waals surface area contributed by atoms with Crippen molar-refractivity contribution in [2.45, 2.75) is 6.42 Å². The lowest BCUT2D eigenvalue weighted by atomic mass is 10.2. The lowest BCUT2D eigenvalue weighted by Crippen LogP contribution is -2.41. The highest BCUT2D eigenvalue weighted by atomic mass is 16.2. The van der Waals surface area contributed by atoms with Gasteiger partial charge in [-0.15, -0.1) is 0 Å². The Morgan fingerprint density at radius 2 is 1.88 bits per heavy atom. The fourth-order valence-corrected chi connectivity index (χ4v) is 1.87. The second-order valence-corrected chi connectivity index (χ2v) is 3.95. The van der Waals surface area contributed by atoms with Gasteiger partial charge in [0.1, 0.15) is 5.82 Å². The molecule has 1 aliphatic heterocycles. The minimum Gasteiger partial charge on any atom is -0.354 e. The average Bonchev–Trinajstić information content (AvgIpc) is 2.32. The van der Waals surface area contributed by atoms with Gasteiger partial charge in [0.25, 0.3) is 5.56 Å². The smallest absolute Gasteiger partial charge is 0.332 e. The molecular weight excluding hydrogens is 206 g/mol. The van der Waals surface area contributed by atoms with E-state index in [0.29, 0.717) is 5.82 Å². The molecule has 1 aromatic heterocycles. The zero-order chi connectivity index (χ0) is 11.7. The van der Waals surface area contributed by atoms with Crippen LogP contribution in [-0.2, 0) is 14.1 Å². The van der Waals surface area contributed by atoms with Gasteiger partial charge in [-0.25, -0.2) is 4.79 Å². The van der Waals surface area contributed by atoms with Gasteiger partial charge in [0.2, 0.25) is 0 Å². The molecule has 0 aliphatic carbocycles. The third kappa shape index (κ3) is 1.68. The highest BCUT2D eigenvalue weighted by molar-refractivity contribution is 5.40. The van der Waals surface area contributed by atoms with Gasteiger partial charge in [-0.05, 0) is 6.42 Å². The van der Waals surface area contributed by atoms with E-state index < -0.39 is 0 Å². The molecule has 1 aliphatic rings. The summed E-state index contributed by atoms with van der Waals surface area (Å²) in [6.45, 7) is 1.59. The summed E-state index contributed by atoms with van der Waals surface area (Å²) in [4.78, 5) is 25.3. The van der Waals surface area contributed by atoms with Crippen LogP contribution in [-0.4, -0.2) is 22.2 Å². The molecule has 0 fully saturated rings. The zero-order valence-electron chi connectivity index (χ0n) is 9.51. The van der Waals surface area contributed by atoms with Crippen LogP contribution in [0.1, 0.15) is 6.42 Å². The van der Waals surface area contributed by atoms with Gasteiger partial charge in [-0.2, -0.15) is 0 Å². The fourth-order valence-electron chi connectivity index (χ4n) is 1.87. The summed E-state index contributed by atoms with van der Waals surface area (Å²) in [5, 5.41) is 0. The SMILES string of the molecule is Cn1c(N2CC=CCC2)cc(=O)n(C)c1=O. The molecule has 0 atom stereocenters. The monoisotopic (exact) mass is 221 g/mol. The topological polar surface area (TPSA) is 47.2 Å². The number of anilines is 1. The summed E-state index contributed by atoms with van der Waals surface area (Å²) < 4.78 is 2.63. The first kappa shape index (κ1) is 10.7. The van der Waals surface area contributed by atoms with E-state index in [2.05, 4.69) is 6.08 Å². The Morgan fingerprint density at radius 3 is 2.50 bits per heavy atom. The molecule has 0 N–H and O–H groups in total. The van der Waals surface area contributed by atoms with E-state index in [0.717, 1.165) is 24.1 Å². The third-order valence-corrected chi connectivity index (χ3v) is 2.88. The summed E-state index contributed by atoms with van der Waals surface area (Å²) in [5.74, 6) is 0.692. The summed E-state index contributed by atoms with van der Waals surface area (Å²) in [5.41, 5.74) is -0.537. The van der Waals surface area contributed by atoms with Crippen molar-refractivity contribution in [1.29, 1.82) is 0 Å². The quantitative estimate of drug-likeness (QED) is 0.620. The van der Waals surface area contributed by atoms with Crippen LogP contribution in [0.4, 0.5) is 5.82 Å². The highest BCUT2D eigenvalue weighted by Gasteiger charge is 2.13. The van der Waals surface area contributed by atoms with Crippen molar-refractivity contribution >= 4 is 5.82 Å². The van der Waals surface area contributed by atoms with Crippen molar-refractivity contribution in [3.8, 4) is 0 Å². The van der Waals surface area contributed by atoms with E-state index >= 15 is 0 Å². The van der Waals surface area contributed by atoms with Gasteiger partial charge >= 0.3 is 5.69 Å². The molecular formula is C11H15N3O2. The number of nitrogens with zero attached hydrogens (tertiary/aromatic N) is 3. The molecule has 5 nitrogen and oxygen atoms in total. The molecule has 16 heavy (non-hydrogen) atoms. The van der Waals surface area contributed by atoms with Crippen molar-refractivity contribution in [2.75, 3.05) is 18.0 Å². The lowest BCUT2D eigenvalue weighted by Gasteiger charge is -2.27. The molecule has 1 aromatic rings. The summed E-state index contributed by atoms with van der Waals surface area (Å²) in [7, 11) is 3.18. The van der Waals surface area contributed by atoms with Crippen LogP contribution in [0.2, 0.25) is 0 Å². The van der Waals surface area contributed by atoms with Crippen LogP contribution in [0.25, 0.3) is 0 Å². The molecule has 0 spiro atoms. The molecule has 2 rings (SSSR count). The van der Waals surface area contributed by atoms with Crippen molar-refractivity contribution in [3.63, 3.8) is 0 Å². The van der Waals surface area contributed by atoms with Crippen molar-refractivity contribution in [1.82, 2.24) is 9.13 Å². The van der Waals surface area contributed by atoms with Gasteiger partial charge in [-0.3, -0.25) is 13.9 Å². The van der Waals surface area contributed by atoms with Crippen LogP contribution < -0.4 is 16.1 Å². The van der Waals surface area contributed by atoms with E-state index in [-0.39, 0.29) is 11.2 Å². The summed E-state index contributed by atoms with van der Waals surface area (Å²) in [6, 6.07) is 1.51. The minimum atomic E-state index is -0.281. The highest BCUT2D eigenvalue weighted by Crippen LogP contribution is 2.12. The number of aromatic nitrogens is 2. The van der Waals surface area contributed by atoms with Gasteiger partial charge in [-0.1, -0.05) is 12.2 Å². The third-order valence-electron chi connectivity index (χ3n) is 2.88. The van der Waals surface area contributed by atoms with E-state index in [1.54, 1.807) is 7.05 Å². The second-order valence-electron chi connectivity index (χ2n) is 3.95. The van der Waals surface area contributed by atoms with Crippen molar-refractivity contribution in [3.05, 3.63) is 39.1 Å². The van der Waals surface area contributed by atoms with E-state index in [4.69, 9.17) is 0 Å². The summed E-state index contributed by atoms with van der Waals surface area (Å²) in [6.07, 6.45) is 5.10. The van der Waals surface area contributed by atoms with Crippen LogP contribution in [0.5, 0.6) is 0 Å². The lowest BCUT2D eigenvalue weighted by molar-refractivity contribution is 0.661. The molecule has 5 heteroatoms. The number of hydrogen-bond donors (Lipinski definition) is 0. The Hall–Kier alpha value is -1.78. The maximum atomic E-state index is 11.7. The predicted molar refractivity (Wildman–Crippen MR) is 62.9 cm³/mol. The fraction of sp³-hybridized carbons (Fsp3) is 0.455. The Bertz CT molecular complexity index is 539. The van der Waals surface area contributed by atoms with E-state index in [1.807, 2.05) is 11.0 Å². The first-order valence-electron chi connectivity index (χ1n) is 5.28. The number of rotatable bonds is 1. The van der Waals surface area contributed by atoms with Crippen molar-refractivity contribution in [2.24, 2.45) is 14.1 Å². The average molecular weight is 221 g/mol. The molecule has 0 saturated heterocycles. The van der Waals surface area contributed by atoms with Gasteiger partial charge in [0.15, 0.2) is 0 Å². The standard InChI is InChI=1S/C11H15N3O2/c1-12-9(14-6-4-3-5-7-14)8-10(15)13(2)11(12)16/h3-4,8H,5-7H2,1-2H3. The minimum absolute atomic E-state index is 0.257. The molecule has 0 saturated carbocycles. The molecule has 86 valence electrons. The molecule has 2 heterocycles. The van der Waals surface area contributed by atoms with Gasteiger partial charge < -0.3 is 4.90 Å². The van der Waals surface area contributed by atoms with Crippen LogP contribution >= 0.6 is 0 Å². The number of hydrogen-bond acceptors (Lipinski definition) is 3. The van der Waals surface area contributed by atoms with Gasteiger partial charge in [0, 0.05) is 33.3 Å². The van der Waals surface area contributed by atoms with Crippen molar-refractivity contribution < 1.29 is 0 Å². The first-order valence-corrected chi connectivity index (χ1v) is 5.28. The van der Waals surface area contributed by atoms with Crippen LogP contribution in [0, 0.1) is 0 Å².